The van der Waals surface area contributed by atoms with Crippen LogP contribution in [-0.2, 0) is 19.1 Å². The Morgan fingerprint density at radius 2 is 1.56 bits per heavy atom. The van der Waals surface area contributed by atoms with Crippen LogP contribution in [0.25, 0.3) is 0 Å². The first kappa shape index (κ1) is 28.4. The van der Waals surface area contributed by atoms with Crippen molar-refractivity contribution in [2.45, 2.75) is 72.8 Å². The van der Waals surface area contributed by atoms with Gasteiger partial charge in [0.25, 0.3) is 0 Å². The van der Waals surface area contributed by atoms with E-state index in [0.29, 0.717) is 44.9 Å². The molecular weight excluding hydrogens is 408 g/mol. The van der Waals surface area contributed by atoms with Gasteiger partial charge in [0.1, 0.15) is 0 Å². The zero-order valence-corrected chi connectivity index (χ0v) is 21.0. The zero-order chi connectivity index (χ0) is 23.9. The Labute approximate surface area is 194 Å². The predicted molar refractivity (Wildman–Crippen MR) is 127 cm³/mol. The van der Waals surface area contributed by atoms with Crippen LogP contribution in [-0.4, -0.2) is 86.0 Å². The van der Waals surface area contributed by atoms with E-state index in [0.717, 1.165) is 45.6 Å². The molecule has 1 fully saturated rings. The van der Waals surface area contributed by atoms with Crippen LogP contribution in [0.2, 0.25) is 0 Å². The standard InChI is InChI=1S/C24H46N4O4/c1-6-22(29)26-11-8-21(5)32-17-9-20(4)24(31)28-15-13-27(14-16-28)12-7-10-25-23(30)18-19(2)3/h19-21H,6-18H2,1-5H3,(H,25,30)(H,26,29). The topological polar surface area (TPSA) is 91.0 Å². The minimum atomic E-state index is -0.0512. The van der Waals surface area contributed by atoms with Crippen LogP contribution >= 0.6 is 0 Å². The van der Waals surface area contributed by atoms with Crippen molar-refractivity contribution in [3.63, 3.8) is 0 Å². The number of hydrogen-bond acceptors (Lipinski definition) is 5. The summed E-state index contributed by atoms with van der Waals surface area (Å²) in [6, 6.07) is 0. The molecule has 0 radical (unpaired) electrons. The number of piperazine rings is 1. The Hall–Kier alpha value is -1.67. The second-order valence-electron chi connectivity index (χ2n) is 9.33. The van der Waals surface area contributed by atoms with Crippen LogP contribution in [0, 0.1) is 11.8 Å². The number of rotatable bonds is 15. The molecule has 2 atom stereocenters. The molecule has 0 saturated carbocycles. The molecule has 1 aliphatic rings. The molecule has 0 aromatic rings. The lowest BCUT2D eigenvalue weighted by Crippen LogP contribution is -2.50. The van der Waals surface area contributed by atoms with Crippen molar-refractivity contribution in [2.75, 3.05) is 52.4 Å². The first-order valence-corrected chi connectivity index (χ1v) is 12.4. The third-order valence-electron chi connectivity index (χ3n) is 5.82. The van der Waals surface area contributed by atoms with E-state index >= 15 is 0 Å². The Kier molecular flexibility index (Phi) is 14.2. The highest BCUT2D eigenvalue weighted by molar-refractivity contribution is 5.78. The Morgan fingerprint density at radius 3 is 2.19 bits per heavy atom. The van der Waals surface area contributed by atoms with Crippen LogP contribution in [0.15, 0.2) is 0 Å². The minimum Gasteiger partial charge on any atom is -0.378 e. The molecule has 2 N–H and O–H groups in total. The maximum Gasteiger partial charge on any atom is 0.225 e. The van der Waals surface area contributed by atoms with Gasteiger partial charge in [0, 0.05) is 64.6 Å². The molecule has 0 aliphatic carbocycles. The number of carbonyl (C=O) groups is 3. The van der Waals surface area contributed by atoms with Crippen molar-refractivity contribution >= 4 is 17.7 Å². The van der Waals surface area contributed by atoms with E-state index in [2.05, 4.69) is 15.5 Å². The monoisotopic (exact) mass is 454 g/mol. The summed E-state index contributed by atoms with van der Waals surface area (Å²) in [7, 11) is 0. The van der Waals surface area contributed by atoms with Crippen molar-refractivity contribution in [1.82, 2.24) is 20.4 Å². The summed E-state index contributed by atoms with van der Waals surface area (Å²) in [6.07, 6.45) is 3.57. The van der Waals surface area contributed by atoms with Gasteiger partial charge in [-0.15, -0.1) is 0 Å². The molecule has 2 unspecified atom stereocenters. The number of hydrogen-bond donors (Lipinski definition) is 2. The van der Waals surface area contributed by atoms with Gasteiger partial charge in [0.05, 0.1) is 6.10 Å². The van der Waals surface area contributed by atoms with E-state index in [-0.39, 0.29) is 29.7 Å². The van der Waals surface area contributed by atoms with Crippen molar-refractivity contribution in [1.29, 1.82) is 0 Å². The summed E-state index contributed by atoms with van der Waals surface area (Å²) in [5, 5.41) is 5.83. The summed E-state index contributed by atoms with van der Waals surface area (Å²) in [4.78, 5) is 40.0. The van der Waals surface area contributed by atoms with E-state index in [1.165, 1.54) is 0 Å². The normalized spacial score (nSPS) is 16.6. The van der Waals surface area contributed by atoms with E-state index in [4.69, 9.17) is 4.74 Å². The maximum atomic E-state index is 12.7. The van der Waals surface area contributed by atoms with Gasteiger partial charge in [-0.1, -0.05) is 27.7 Å². The van der Waals surface area contributed by atoms with E-state index < -0.39 is 0 Å². The van der Waals surface area contributed by atoms with Gasteiger partial charge in [-0.05, 0) is 38.6 Å². The van der Waals surface area contributed by atoms with Gasteiger partial charge in [0.2, 0.25) is 17.7 Å². The highest BCUT2D eigenvalue weighted by atomic mass is 16.5. The molecule has 1 rings (SSSR count). The first-order valence-electron chi connectivity index (χ1n) is 12.4. The minimum absolute atomic E-state index is 0.0512. The Morgan fingerprint density at radius 1 is 0.906 bits per heavy atom. The first-order chi connectivity index (χ1) is 15.2. The van der Waals surface area contributed by atoms with Crippen LogP contribution in [0.1, 0.15) is 66.7 Å². The SMILES string of the molecule is CCC(=O)NCCC(C)OCCC(C)C(=O)N1CCN(CCCNC(=O)CC(C)C)CC1. The van der Waals surface area contributed by atoms with Crippen molar-refractivity contribution in [2.24, 2.45) is 11.8 Å². The molecule has 0 aromatic heterocycles. The molecule has 0 bridgehead atoms. The molecule has 32 heavy (non-hydrogen) atoms. The molecule has 0 spiro atoms. The van der Waals surface area contributed by atoms with Crippen LogP contribution < -0.4 is 10.6 Å². The fraction of sp³-hybridized carbons (Fsp3) is 0.875. The summed E-state index contributed by atoms with van der Waals surface area (Å²) in [5.74, 6) is 0.732. The summed E-state index contributed by atoms with van der Waals surface area (Å²) < 4.78 is 5.82. The second-order valence-corrected chi connectivity index (χ2v) is 9.33. The van der Waals surface area contributed by atoms with Crippen LogP contribution in [0.3, 0.4) is 0 Å². The highest BCUT2D eigenvalue weighted by Gasteiger charge is 2.24. The summed E-state index contributed by atoms with van der Waals surface area (Å²) in [6.45, 7) is 16.0. The highest BCUT2D eigenvalue weighted by Crippen LogP contribution is 2.12. The van der Waals surface area contributed by atoms with Crippen molar-refractivity contribution in [3.8, 4) is 0 Å². The van der Waals surface area contributed by atoms with E-state index in [1.807, 2.05) is 39.5 Å². The van der Waals surface area contributed by atoms with E-state index in [9.17, 15) is 14.4 Å². The number of nitrogens with zero attached hydrogens (tertiary/aromatic N) is 2. The average molecular weight is 455 g/mol. The van der Waals surface area contributed by atoms with Gasteiger partial charge in [0.15, 0.2) is 0 Å². The molecule has 1 saturated heterocycles. The third-order valence-corrected chi connectivity index (χ3v) is 5.82. The molecule has 8 heteroatoms. The molecule has 1 aliphatic heterocycles. The fourth-order valence-corrected chi connectivity index (χ4v) is 3.67. The van der Waals surface area contributed by atoms with Crippen LogP contribution in [0.4, 0.5) is 0 Å². The van der Waals surface area contributed by atoms with E-state index in [1.54, 1.807) is 0 Å². The second kappa shape index (κ2) is 16.0. The number of amides is 3. The molecule has 3 amide bonds. The largest absolute Gasteiger partial charge is 0.378 e. The van der Waals surface area contributed by atoms with Crippen molar-refractivity contribution in [3.05, 3.63) is 0 Å². The Bertz CT molecular complexity index is 562. The molecule has 0 aromatic carbocycles. The number of ether oxygens (including phenoxy) is 1. The maximum absolute atomic E-state index is 12.7. The number of nitrogens with one attached hydrogen (secondary N) is 2. The average Bonchev–Trinajstić information content (AvgIpc) is 2.75. The smallest absolute Gasteiger partial charge is 0.225 e. The Balaban J connectivity index is 2.14. The number of carbonyl (C=O) groups excluding carboxylic acids is 3. The quantitative estimate of drug-likeness (QED) is 0.370. The predicted octanol–water partition coefficient (Wildman–Crippen LogP) is 2.03. The zero-order valence-electron chi connectivity index (χ0n) is 21.0. The third kappa shape index (κ3) is 12.4. The van der Waals surface area contributed by atoms with Gasteiger partial charge in [-0.2, -0.15) is 0 Å². The lowest BCUT2D eigenvalue weighted by Gasteiger charge is -2.36. The van der Waals surface area contributed by atoms with Crippen molar-refractivity contribution < 1.29 is 19.1 Å². The lowest BCUT2D eigenvalue weighted by atomic mass is 10.1. The summed E-state index contributed by atoms with van der Waals surface area (Å²) >= 11 is 0. The lowest BCUT2D eigenvalue weighted by molar-refractivity contribution is -0.137. The molecule has 186 valence electrons. The van der Waals surface area contributed by atoms with Gasteiger partial charge >= 0.3 is 0 Å². The van der Waals surface area contributed by atoms with Gasteiger partial charge in [-0.3, -0.25) is 19.3 Å². The summed E-state index contributed by atoms with van der Waals surface area (Å²) in [5.41, 5.74) is 0. The molecule has 8 nitrogen and oxygen atoms in total. The fourth-order valence-electron chi connectivity index (χ4n) is 3.67. The van der Waals surface area contributed by atoms with Crippen LogP contribution in [0.5, 0.6) is 0 Å². The van der Waals surface area contributed by atoms with Gasteiger partial charge in [-0.25, -0.2) is 0 Å². The molecular formula is C24H46N4O4. The van der Waals surface area contributed by atoms with Gasteiger partial charge < -0.3 is 20.3 Å². The molecule has 1 heterocycles.